The number of sulfonamides is 1. The molecular formula is C10H12N4O5S. The lowest BCUT2D eigenvalue weighted by Gasteiger charge is -2.08. The van der Waals surface area contributed by atoms with Gasteiger partial charge in [-0.25, -0.2) is 13.2 Å². The normalized spacial score (nSPS) is 11.6. The Balaban J connectivity index is 2.50. The number of aromatic nitrogens is 3. The summed E-state index contributed by atoms with van der Waals surface area (Å²) in [6.07, 6.45) is 1.06. The summed E-state index contributed by atoms with van der Waals surface area (Å²) >= 11 is 0. The quantitative estimate of drug-likeness (QED) is 0.842. The van der Waals surface area contributed by atoms with E-state index in [2.05, 4.69) is 15.0 Å². The number of carboxylic acid groups (broad SMARTS) is 1. The third kappa shape index (κ3) is 2.25. The van der Waals surface area contributed by atoms with E-state index < -0.39 is 16.0 Å². The minimum atomic E-state index is -4.01. The second-order valence-electron chi connectivity index (χ2n) is 4.09. The topological polar surface area (TPSA) is 127 Å². The molecule has 2 heterocycles. The number of hydrogen-bond donors (Lipinski definition) is 2. The highest BCUT2D eigenvalue weighted by atomic mass is 32.2. The van der Waals surface area contributed by atoms with Crippen LogP contribution in [0.3, 0.4) is 0 Å². The molecule has 2 N–H and O–H groups in total. The molecular weight excluding hydrogens is 288 g/mol. The Labute approximate surface area is 114 Å². The van der Waals surface area contributed by atoms with Gasteiger partial charge in [0.15, 0.2) is 16.5 Å². The van der Waals surface area contributed by atoms with Crippen molar-refractivity contribution in [3.63, 3.8) is 0 Å². The number of rotatable bonds is 4. The van der Waals surface area contributed by atoms with Gasteiger partial charge in [-0.05, 0) is 13.8 Å². The summed E-state index contributed by atoms with van der Waals surface area (Å²) < 4.78 is 32.7. The first kappa shape index (κ1) is 14.1. The minimum Gasteiger partial charge on any atom is -0.477 e. The van der Waals surface area contributed by atoms with E-state index in [0.29, 0.717) is 0 Å². The molecule has 0 radical (unpaired) electrons. The van der Waals surface area contributed by atoms with Gasteiger partial charge in [0.25, 0.3) is 10.0 Å². The van der Waals surface area contributed by atoms with E-state index >= 15 is 0 Å². The number of hydrogen-bond acceptors (Lipinski definition) is 6. The molecule has 0 aliphatic carbocycles. The van der Waals surface area contributed by atoms with Crippen LogP contribution in [0, 0.1) is 13.8 Å². The highest BCUT2D eigenvalue weighted by molar-refractivity contribution is 7.92. The van der Waals surface area contributed by atoms with Gasteiger partial charge in [0.2, 0.25) is 0 Å². The van der Waals surface area contributed by atoms with Gasteiger partial charge >= 0.3 is 5.97 Å². The van der Waals surface area contributed by atoms with Gasteiger partial charge in [-0.3, -0.25) is 9.40 Å². The summed E-state index contributed by atoms with van der Waals surface area (Å²) in [5.41, 5.74) is -0.0584. The standard InChI is InChI=1S/C10H12N4O5S/c1-5-8(6(2)19-12-5)20(17,18)13-9-7(10(15)16)4-11-14(9)3/h4,13H,1-3H3,(H,15,16). The summed E-state index contributed by atoms with van der Waals surface area (Å²) in [7, 11) is -2.58. The number of aromatic carboxylic acids is 1. The Bertz CT molecular complexity index is 754. The number of anilines is 1. The lowest BCUT2D eigenvalue weighted by atomic mass is 10.3. The maximum absolute atomic E-state index is 12.3. The zero-order valence-electron chi connectivity index (χ0n) is 10.9. The van der Waals surface area contributed by atoms with E-state index in [1.807, 2.05) is 0 Å². The van der Waals surface area contributed by atoms with Gasteiger partial charge in [-0.2, -0.15) is 5.10 Å². The predicted molar refractivity (Wildman–Crippen MR) is 67.0 cm³/mol. The van der Waals surface area contributed by atoms with Crippen LogP contribution in [0.2, 0.25) is 0 Å². The maximum Gasteiger partial charge on any atom is 0.341 e. The van der Waals surface area contributed by atoms with Gasteiger partial charge in [-0.15, -0.1) is 0 Å². The van der Waals surface area contributed by atoms with Gasteiger partial charge in [0, 0.05) is 7.05 Å². The van der Waals surface area contributed by atoms with Gasteiger partial charge in [0.1, 0.15) is 11.3 Å². The third-order valence-electron chi connectivity index (χ3n) is 2.64. The first-order chi connectivity index (χ1) is 9.24. The Hall–Kier alpha value is -2.36. The van der Waals surface area contributed by atoms with Crippen molar-refractivity contribution in [1.29, 1.82) is 0 Å². The van der Waals surface area contributed by atoms with Crippen LogP contribution in [0.25, 0.3) is 0 Å². The molecule has 0 fully saturated rings. The average molecular weight is 300 g/mol. The molecule has 0 amide bonds. The summed E-state index contributed by atoms with van der Waals surface area (Å²) in [6.45, 7) is 2.93. The number of nitrogens with one attached hydrogen (secondary N) is 1. The van der Waals surface area contributed by atoms with Crippen molar-refractivity contribution >= 4 is 21.8 Å². The predicted octanol–water partition coefficient (Wildman–Crippen LogP) is 0.524. The van der Waals surface area contributed by atoms with Crippen LogP contribution in [0.1, 0.15) is 21.8 Å². The van der Waals surface area contributed by atoms with Crippen molar-refractivity contribution in [3.8, 4) is 0 Å². The van der Waals surface area contributed by atoms with E-state index in [4.69, 9.17) is 9.63 Å². The summed E-state index contributed by atoms with van der Waals surface area (Å²) in [6, 6.07) is 0. The number of nitrogens with zero attached hydrogens (tertiary/aromatic N) is 3. The maximum atomic E-state index is 12.3. The number of carboxylic acids is 1. The molecule has 2 aromatic heterocycles. The second-order valence-corrected chi connectivity index (χ2v) is 5.71. The van der Waals surface area contributed by atoms with Crippen LogP contribution in [-0.2, 0) is 17.1 Å². The molecule has 0 bridgehead atoms. The Morgan fingerprint density at radius 2 is 2.10 bits per heavy atom. The molecule has 108 valence electrons. The average Bonchev–Trinajstić information content (AvgIpc) is 2.84. The Morgan fingerprint density at radius 1 is 1.45 bits per heavy atom. The van der Waals surface area contributed by atoms with E-state index in [-0.39, 0.29) is 27.7 Å². The lowest BCUT2D eigenvalue weighted by molar-refractivity contribution is 0.0698. The first-order valence-electron chi connectivity index (χ1n) is 5.45. The Kier molecular flexibility index (Phi) is 3.26. The fraction of sp³-hybridized carbons (Fsp3) is 0.300. The number of aryl methyl sites for hydroxylation is 3. The first-order valence-corrected chi connectivity index (χ1v) is 6.93. The minimum absolute atomic E-state index is 0.116. The zero-order chi connectivity index (χ0) is 15.1. The van der Waals surface area contributed by atoms with Crippen LogP contribution in [-0.4, -0.2) is 34.4 Å². The van der Waals surface area contributed by atoms with E-state index in [1.165, 1.54) is 20.9 Å². The fourth-order valence-electron chi connectivity index (χ4n) is 1.75. The van der Waals surface area contributed by atoms with Crippen molar-refractivity contribution in [2.45, 2.75) is 18.7 Å². The monoisotopic (exact) mass is 300 g/mol. The highest BCUT2D eigenvalue weighted by Gasteiger charge is 2.27. The van der Waals surface area contributed by atoms with E-state index in [1.54, 1.807) is 0 Å². The fourth-order valence-corrected chi connectivity index (χ4v) is 3.19. The van der Waals surface area contributed by atoms with E-state index in [0.717, 1.165) is 10.9 Å². The van der Waals surface area contributed by atoms with Crippen LogP contribution >= 0.6 is 0 Å². The Morgan fingerprint density at radius 3 is 2.60 bits per heavy atom. The largest absolute Gasteiger partial charge is 0.477 e. The van der Waals surface area contributed by atoms with Crippen LogP contribution in [0.15, 0.2) is 15.6 Å². The summed E-state index contributed by atoms with van der Waals surface area (Å²) in [5, 5.41) is 16.3. The third-order valence-corrected chi connectivity index (χ3v) is 4.22. The van der Waals surface area contributed by atoms with Crippen LogP contribution in [0.5, 0.6) is 0 Å². The molecule has 2 aromatic rings. The van der Waals surface area contributed by atoms with Gasteiger partial charge < -0.3 is 9.63 Å². The van der Waals surface area contributed by atoms with Crippen LogP contribution in [0.4, 0.5) is 5.82 Å². The molecule has 9 nitrogen and oxygen atoms in total. The smallest absolute Gasteiger partial charge is 0.341 e. The SMILES string of the molecule is Cc1noc(C)c1S(=O)(=O)Nc1c(C(=O)O)cnn1C. The molecule has 0 unspecified atom stereocenters. The van der Waals surface area contributed by atoms with Crippen LogP contribution < -0.4 is 4.72 Å². The molecule has 10 heteroatoms. The van der Waals surface area contributed by atoms with Crippen molar-refractivity contribution in [1.82, 2.24) is 14.9 Å². The summed E-state index contributed by atoms with van der Waals surface area (Å²) in [5.74, 6) is -1.30. The molecule has 2 rings (SSSR count). The summed E-state index contributed by atoms with van der Waals surface area (Å²) in [4.78, 5) is 10.9. The molecule has 0 atom stereocenters. The molecule has 0 aromatic carbocycles. The molecule has 0 spiro atoms. The highest BCUT2D eigenvalue weighted by Crippen LogP contribution is 2.23. The molecule has 0 saturated carbocycles. The lowest BCUT2D eigenvalue weighted by Crippen LogP contribution is -2.18. The molecule has 20 heavy (non-hydrogen) atoms. The zero-order valence-corrected chi connectivity index (χ0v) is 11.7. The van der Waals surface area contributed by atoms with Gasteiger partial charge in [-0.1, -0.05) is 5.16 Å². The van der Waals surface area contributed by atoms with Crippen molar-refractivity contribution in [2.24, 2.45) is 7.05 Å². The number of carbonyl (C=O) groups is 1. The van der Waals surface area contributed by atoms with Gasteiger partial charge in [0.05, 0.1) is 6.20 Å². The second kappa shape index (κ2) is 4.63. The van der Waals surface area contributed by atoms with Crippen molar-refractivity contribution < 1.29 is 22.8 Å². The molecule has 0 aliphatic rings. The molecule has 0 aliphatic heterocycles. The van der Waals surface area contributed by atoms with E-state index in [9.17, 15) is 13.2 Å². The molecule has 0 saturated heterocycles. The van der Waals surface area contributed by atoms with Crippen molar-refractivity contribution in [2.75, 3.05) is 4.72 Å². The van der Waals surface area contributed by atoms with Crippen molar-refractivity contribution in [3.05, 3.63) is 23.2 Å².